The number of carbonyl (C=O) groups excluding carboxylic acids is 1. The van der Waals surface area contributed by atoms with Crippen molar-refractivity contribution in [3.05, 3.63) is 64.9 Å². The predicted molar refractivity (Wildman–Crippen MR) is 78.4 cm³/mol. The third-order valence-corrected chi connectivity index (χ3v) is 3.11. The first-order valence-corrected chi connectivity index (χ1v) is 6.51. The number of anilines is 1. The van der Waals surface area contributed by atoms with E-state index < -0.39 is 5.82 Å². The summed E-state index contributed by atoms with van der Waals surface area (Å²) in [5, 5.41) is 5.37. The third-order valence-electron chi connectivity index (χ3n) is 2.82. The van der Waals surface area contributed by atoms with Gasteiger partial charge in [-0.25, -0.2) is 9.18 Å². The van der Waals surface area contributed by atoms with Crippen LogP contribution in [0.25, 0.3) is 0 Å². The molecule has 0 aliphatic carbocycles. The molecule has 0 aromatic heterocycles. The molecule has 0 unspecified atom stereocenters. The van der Waals surface area contributed by atoms with Crippen molar-refractivity contribution in [1.29, 1.82) is 0 Å². The van der Waals surface area contributed by atoms with Gasteiger partial charge in [-0.3, -0.25) is 0 Å². The minimum absolute atomic E-state index is 0.0288. The van der Waals surface area contributed by atoms with Gasteiger partial charge in [-0.2, -0.15) is 0 Å². The van der Waals surface area contributed by atoms with Crippen molar-refractivity contribution in [2.24, 2.45) is 0 Å². The van der Waals surface area contributed by atoms with Crippen LogP contribution in [0, 0.1) is 5.82 Å². The summed E-state index contributed by atoms with van der Waals surface area (Å²) in [4.78, 5) is 11.8. The molecule has 0 saturated carbocycles. The second-order valence-corrected chi connectivity index (χ2v) is 4.77. The number of benzene rings is 2. The standard InChI is InChI=1S/C15H14ClFN2O/c1-10(11-5-3-2-4-6-11)18-15(20)19-12-7-8-14(17)13(16)9-12/h2-10H,1H3,(H2,18,19,20)/t10-/m0/s1. The lowest BCUT2D eigenvalue weighted by atomic mass is 10.1. The molecule has 0 heterocycles. The minimum Gasteiger partial charge on any atom is -0.331 e. The summed E-state index contributed by atoms with van der Waals surface area (Å²) < 4.78 is 13.0. The van der Waals surface area contributed by atoms with Gasteiger partial charge < -0.3 is 10.6 Å². The van der Waals surface area contributed by atoms with Crippen LogP contribution in [0.4, 0.5) is 14.9 Å². The molecule has 0 saturated heterocycles. The normalized spacial score (nSPS) is 11.8. The zero-order chi connectivity index (χ0) is 14.5. The summed E-state index contributed by atoms with van der Waals surface area (Å²) in [5.41, 5.74) is 1.44. The molecular formula is C15H14ClFN2O. The van der Waals surface area contributed by atoms with E-state index in [4.69, 9.17) is 11.6 Å². The number of amides is 2. The van der Waals surface area contributed by atoms with E-state index in [9.17, 15) is 9.18 Å². The first-order valence-electron chi connectivity index (χ1n) is 6.14. The van der Waals surface area contributed by atoms with Crippen LogP contribution in [0.15, 0.2) is 48.5 Å². The summed E-state index contributed by atoms with van der Waals surface area (Å²) in [6, 6.07) is 13.1. The number of urea groups is 1. The number of carbonyl (C=O) groups is 1. The van der Waals surface area contributed by atoms with E-state index in [1.807, 2.05) is 37.3 Å². The molecule has 0 aliphatic rings. The lowest BCUT2D eigenvalue weighted by Crippen LogP contribution is -2.31. The summed E-state index contributed by atoms with van der Waals surface area (Å²) in [7, 11) is 0. The Morgan fingerprint density at radius 1 is 1.20 bits per heavy atom. The summed E-state index contributed by atoms with van der Waals surface area (Å²) >= 11 is 5.65. The molecule has 2 rings (SSSR count). The molecule has 5 heteroatoms. The number of hydrogen-bond acceptors (Lipinski definition) is 1. The van der Waals surface area contributed by atoms with Gasteiger partial charge in [-0.15, -0.1) is 0 Å². The van der Waals surface area contributed by atoms with Crippen LogP contribution in [0.2, 0.25) is 5.02 Å². The van der Waals surface area contributed by atoms with Crippen LogP contribution >= 0.6 is 11.6 Å². The molecule has 1 atom stereocenters. The van der Waals surface area contributed by atoms with E-state index in [1.54, 1.807) is 0 Å². The minimum atomic E-state index is -0.518. The molecule has 0 spiro atoms. The maximum Gasteiger partial charge on any atom is 0.319 e. The van der Waals surface area contributed by atoms with Gasteiger partial charge in [0.15, 0.2) is 0 Å². The zero-order valence-corrected chi connectivity index (χ0v) is 11.6. The first-order chi connectivity index (χ1) is 9.56. The van der Waals surface area contributed by atoms with E-state index in [2.05, 4.69) is 10.6 Å². The molecule has 3 nitrogen and oxygen atoms in total. The maximum absolute atomic E-state index is 13.0. The van der Waals surface area contributed by atoms with Crippen molar-refractivity contribution < 1.29 is 9.18 Å². The van der Waals surface area contributed by atoms with Crippen molar-refractivity contribution in [3.8, 4) is 0 Å². The number of halogens is 2. The summed E-state index contributed by atoms with van der Waals surface area (Å²) in [6.07, 6.45) is 0. The fourth-order valence-electron chi connectivity index (χ4n) is 1.76. The highest BCUT2D eigenvalue weighted by atomic mass is 35.5. The fourth-order valence-corrected chi connectivity index (χ4v) is 1.94. The van der Waals surface area contributed by atoms with Gasteiger partial charge in [0.05, 0.1) is 11.1 Å². The van der Waals surface area contributed by atoms with E-state index >= 15 is 0 Å². The van der Waals surface area contributed by atoms with Crippen LogP contribution in [-0.4, -0.2) is 6.03 Å². The molecule has 104 valence electrons. The molecule has 20 heavy (non-hydrogen) atoms. The van der Waals surface area contributed by atoms with Crippen LogP contribution in [0.3, 0.4) is 0 Å². The Labute approximate surface area is 121 Å². The molecular weight excluding hydrogens is 279 g/mol. The van der Waals surface area contributed by atoms with Crippen molar-refractivity contribution in [2.75, 3.05) is 5.32 Å². The van der Waals surface area contributed by atoms with Gasteiger partial charge in [0.1, 0.15) is 5.82 Å². The molecule has 0 radical (unpaired) electrons. The third kappa shape index (κ3) is 3.71. The first kappa shape index (κ1) is 14.3. The zero-order valence-electron chi connectivity index (χ0n) is 10.9. The van der Waals surface area contributed by atoms with Crippen LogP contribution in [0.1, 0.15) is 18.5 Å². The van der Waals surface area contributed by atoms with E-state index in [0.29, 0.717) is 5.69 Å². The van der Waals surface area contributed by atoms with Gasteiger partial charge in [-0.05, 0) is 30.7 Å². The van der Waals surface area contributed by atoms with E-state index in [-0.39, 0.29) is 17.1 Å². The second kappa shape index (κ2) is 6.39. The summed E-state index contributed by atoms with van der Waals surface area (Å²) in [5.74, 6) is -0.518. The highest BCUT2D eigenvalue weighted by Crippen LogP contribution is 2.19. The molecule has 0 bridgehead atoms. The molecule has 2 N–H and O–H groups in total. The van der Waals surface area contributed by atoms with Gasteiger partial charge >= 0.3 is 6.03 Å². The van der Waals surface area contributed by atoms with Crippen LogP contribution in [-0.2, 0) is 0 Å². The number of rotatable bonds is 3. The van der Waals surface area contributed by atoms with Gasteiger partial charge in [0.2, 0.25) is 0 Å². The Kier molecular flexibility index (Phi) is 4.58. The molecule has 0 aliphatic heterocycles. The number of nitrogens with one attached hydrogen (secondary N) is 2. The molecule has 2 amide bonds. The van der Waals surface area contributed by atoms with Crippen molar-refractivity contribution >= 4 is 23.3 Å². The van der Waals surface area contributed by atoms with E-state index in [1.165, 1.54) is 18.2 Å². The largest absolute Gasteiger partial charge is 0.331 e. The summed E-state index contributed by atoms with van der Waals surface area (Å²) in [6.45, 7) is 1.88. The van der Waals surface area contributed by atoms with Crippen molar-refractivity contribution in [2.45, 2.75) is 13.0 Å². The Balaban J connectivity index is 1.97. The second-order valence-electron chi connectivity index (χ2n) is 4.36. The van der Waals surface area contributed by atoms with E-state index in [0.717, 1.165) is 5.56 Å². The van der Waals surface area contributed by atoms with Crippen molar-refractivity contribution in [1.82, 2.24) is 5.32 Å². The molecule has 2 aromatic rings. The smallest absolute Gasteiger partial charge is 0.319 e. The van der Waals surface area contributed by atoms with Gasteiger partial charge in [0.25, 0.3) is 0 Å². The lowest BCUT2D eigenvalue weighted by Gasteiger charge is -2.15. The maximum atomic E-state index is 13.0. The quantitative estimate of drug-likeness (QED) is 0.867. The van der Waals surface area contributed by atoms with Crippen LogP contribution < -0.4 is 10.6 Å². The monoisotopic (exact) mass is 292 g/mol. The molecule has 0 fully saturated rings. The van der Waals surface area contributed by atoms with Gasteiger partial charge in [0, 0.05) is 5.69 Å². The number of hydrogen-bond donors (Lipinski definition) is 2. The average molecular weight is 293 g/mol. The fraction of sp³-hybridized carbons (Fsp3) is 0.133. The highest BCUT2D eigenvalue weighted by molar-refractivity contribution is 6.31. The Morgan fingerprint density at radius 2 is 1.90 bits per heavy atom. The SMILES string of the molecule is C[C@H](NC(=O)Nc1ccc(F)c(Cl)c1)c1ccccc1. The Morgan fingerprint density at radius 3 is 2.55 bits per heavy atom. The predicted octanol–water partition coefficient (Wildman–Crippen LogP) is 4.36. The average Bonchev–Trinajstić information content (AvgIpc) is 2.44. The molecule has 2 aromatic carbocycles. The Bertz CT molecular complexity index is 604. The highest BCUT2D eigenvalue weighted by Gasteiger charge is 2.09. The van der Waals surface area contributed by atoms with Crippen molar-refractivity contribution in [3.63, 3.8) is 0 Å². The lowest BCUT2D eigenvalue weighted by molar-refractivity contribution is 0.249. The van der Waals surface area contributed by atoms with Gasteiger partial charge in [-0.1, -0.05) is 41.9 Å². The van der Waals surface area contributed by atoms with Crippen LogP contribution in [0.5, 0.6) is 0 Å². The Hall–Kier alpha value is -2.07. The topological polar surface area (TPSA) is 41.1 Å².